The Balaban J connectivity index is 1.67. The molecule has 1 aliphatic rings. The Morgan fingerprint density at radius 3 is 2.74 bits per heavy atom. The number of hydrogen-bond donors (Lipinski definition) is 1. The van der Waals surface area contributed by atoms with E-state index in [1.807, 2.05) is 24.3 Å². The molecule has 0 spiro atoms. The van der Waals surface area contributed by atoms with Gasteiger partial charge in [-0.3, -0.25) is 4.90 Å². The van der Waals surface area contributed by atoms with Crippen molar-refractivity contribution >= 4 is 0 Å². The molecular formula is C18H25N3O2. The Bertz CT molecular complexity index is 649. The van der Waals surface area contributed by atoms with E-state index in [9.17, 15) is 0 Å². The van der Waals surface area contributed by atoms with Crippen molar-refractivity contribution in [3.63, 3.8) is 0 Å². The highest BCUT2D eigenvalue weighted by Gasteiger charge is 2.33. The van der Waals surface area contributed by atoms with Crippen LogP contribution in [-0.2, 0) is 6.54 Å². The van der Waals surface area contributed by atoms with Crippen LogP contribution in [0.15, 0.2) is 34.9 Å². The van der Waals surface area contributed by atoms with Crippen LogP contribution in [0.25, 0.3) is 11.5 Å². The van der Waals surface area contributed by atoms with Crippen LogP contribution in [0.3, 0.4) is 0 Å². The van der Waals surface area contributed by atoms with Crippen LogP contribution in [0, 0.1) is 5.41 Å². The first-order valence-electron chi connectivity index (χ1n) is 8.05. The lowest BCUT2D eigenvalue weighted by Gasteiger charge is -2.42. The van der Waals surface area contributed by atoms with E-state index in [-0.39, 0.29) is 11.5 Å². The number of likely N-dealkylation sites (tertiary alicyclic amines) is 1. The van der Waals surface area contributed by atoms with Crippen molar-refractivity contribution < 1.29 is 9.15 Å². The number of nitrogens with zero attached hydrogens (tertiary/aromatic N) is 2. The fraction of sp³-hybridized carbons (Fsp3) is 0.500. The number of piperidine rings is 1. The molecule has 0 aliphatic carbocycles. The molecule has 23 heavy (non-hydrogen) atoms. The number of aromatic nitrogens is 1. The maximum absolute atomic E-state index is 6.20. The molecule has 1 atom stereocenters. The number of ether oxygens (including phenoxy) is 1. The lowest BCUT2D eigenvalue weighted by molar-refractivity contribution is 0.0889. The van der Waals surface area contributed by atoms with E-state index in [1.54, 1.807) is 13.4 Å². The van der Waals surface area contributed by atoms with Gasteiger partial charge in [-0.25, -0.2) is 4.98 Å². The third-order valence-electron chi connectivity index (χ3n) is 4.67. The second kappa shape index (κ2) is 6.34. The molecule has 2 aromatic rings. The molecular weight excluding hydrogens is 290 g/mol. The number of benzene rings is 1. The molecule has 1 aliphatic heterocycles. The average molecular weight is 315 g/mol. The Labute approximate surface area is 137 Å². The molecule has 2 heterocycles. The highest BCUT2D eigenvalue weighted by molar-refractivity contribution is 5.54. The molecule has 5 nitrogen and oxygen atoms in total. The van der Waals surface area contributed by atoms with Gasteiger partial charge in [0.05, 0.1) is 12.8 Å². The molecule has 1 aromatic heterocycles. The van der Waals surface area contributed by atoms with Gasteiger partial charge in [-0.1, -0.05) is 13.8 Å². The highest BCUT2D eigenvalue weighted by atomic mass is 16.5. The van der Waals surface area contributed by atoms with E-state index in [0.717, 1.165) is 43.1 Å². The minimum Gasteiger partial charge on any atom is -0.497 e. The number of rotatable bonds is 4. The van der Waals surface area contributed by atoms with Crippen LogP contribution in [0.5, 0.6) is 5.75 Å². The molecule has 1 aromatic carbocycles. The minimum absolute atomic E-state index is 0.140. The van der Waals surface area contributed by atoms with Gasteiger partial charge in [-0.05, 0) is 36.1 Å². The van der Waals surface area contributed by atoms with Gasteiger partial charge in [-0.15, -0.1) is 0 Å². The maximum atomic E-state index is 6.20. The standard InChI is InChI=1S/C18H25N3O2/c1-18(2)12-21(9-8-16(18)19)10-14-11-23-17(20-14)13-4-6-15(22-3)7-5-13/h4-7,11,16H,8-10,12,19H2,1-3H3. The lowest BCUT2D eigenvalue weighted by atomic mass is 9.80. The minimum atomic E-state index is 0.140. The van der Waals surface area contributed by atoms with E-state index >= 15 is 0 Å². The van der Waals surface area contributed by atoms with Crippen molar-refractivity contribution in [2.24, 2.45) is 11.1 Å². The van der Waals surface area contributed by atoms with E-state index in [0.29, 0.717) is 5.89 Å². The predicted octanol–water partition coefficient (Wildman–Crippen LogP) is 2.91. The maximum Gasteiger partial charge on any atom is 0.226 e. The zero-order valence-electron chi connectivity index (χ0n) is 14.1. The first-order chi connectivity index (χ1) is 11.0. The monoisotopic (exact) mass is 315 g/mol. The number of hydrogen-bond acceptors (Lipinski definition) is 5. The third-order valence-corrected chi connectivity index (χ3v) is 4.67. The second-order valence-electron chi connectivity index (χ2n) is 6.97. The molecule has 0 saturated carbocycles. The zero-order valence-corrected chi connectivity index (χ0v) is 14.1. The quantitative estimate of drug-likeness (QED) is 0.940. The van der Waals surface area contributed by atoms with Gasteiger partial charge in [0, 0.05) is 31.2 Å². The van der Waals surface area contributed by atoms with Gasteiger partial charge in [0.1, 0.15) is 12.0 Å². The molecule has 1 fully saturated rings. The van der Waals surface area contributed by atoms with Crippen molar-refractivity contribution in [3.8, 4) is 17.2 Å². The summed E-state index contributed by atoms with van der Waals surface area (Å²) in [6.45, 7) is 7.26. The molecule has 124 valence electrons. The van der Waals surface area contributed by atoms with Gasteiger partial charge >= 0.3 is 0 Å². The summed E-state index contributed by atoms with van der Waals surface area (Å²) < 4.78 is 10.8. The van der Waals surface area contributed by atoms with Crippen molar-refractivity contribution in [1.82, 2.24) is 9.88 Å². The Kier molecular flexibility index (Phi) is 4.41. The summed E-state index contributed by atoms with van der Waals surface area (Å²) in [4.78, 5) is 7.02. The summed E-state index contributed by atoms with van der Waals surface area (Å²) in [5.41, 5.74) is 8.26. The molecule has 0 amide bonds. The first-order valence-corrected chi connectivity index (χ1v) is 8.05. The topological polar surface area (TPSA) is 64.5 Å². The SMILES string of the molecule is COc1ccc(-c2nc(CN3CCC(N)C(C)(C)C3)co2)cc1. The van der Waals surface area contributed by atoms with E-state index in [2.05, 4.69) is 23.7 Å². The molecule has 5 heteroatoms. The van der Waals surface area contributed by atoms with Crippen LogP contribution in [0.1, 0.15) is 26.0 Å². The van der Waals surface area contributed by atoms with E-state index < -0.39 is 0 Å². The van der Waals surface area contributed by atoms with Crippen LogP contribution in [0.4, 0.5) is 0 Å². The van der Waals surface area contributed by atoms with Crippen molar-refractivity contribution in [2.45, 2.75) is 32.9 Å². The van der Waals surface area contributed by atoms with Gasteiger partial charge in [0.15, 0.2) is 0 Å². The second-order valence-corrected chi connectivity index (χ2v) is 6.97. The van der Waals surface area contributed by atoms with Crippen LogP contribution < -0.4 is 10.5 Å². The Morgan fingerprint density at radius 1 is 1.35 bits per heavy atom. The first kappa shape index (κ1) is 16.0. The largest absolute Gasteiger partial charge is 0.497 e. The molecule has 1 saturated heterocycles. The lowest BCUT2D eigenvalue weighted by Crippen LogP contribution is -2.52. The summed E-state index contributed by atoms with van der Waals surface area (Å²) >= 11 is 0. The van der Waals surface area contributed by atoms with Gasteiger partial charge in [0.2, 0.25) is 5.89 Å². The zero-order chi connectivity index (χ0) is 16.4. The fourth-order valence-electron chi connectivity index (χ4n) is 3.09. The van der Waals surface area contributed by atoms with Crippen molar-refractivity contribution in [3.05, 3.63) is 36.2 Å². The fourth-order valence-corrected chi connectivity index (χ4v) is 3.09. The Morgan fingerprint density at radius 2 is 2.09 bits per heavy atom. The number of methoxy groups -OCH3 is 1. The highest BCUT2D eigenvalue weighted by Crippen LogP contribution is 2.29. The van der Waals surface area contributed by atoms with Gasteiger partial charge in [0.25, 0.3) is 0 Å². The van der Waals surface area contributed by atoms with Crippen molar-refractivity contribution in [1.29, 1.82) is 0 Å². The summed E-state index contributed by atoms with van der Waals surface area (Å²) in [7, 11) is 1.66. The van der Waals surface area contributed by atoms with Gasteiger partial charge < -0.3 is 14.9 Å². The van der Waals surface area contributed by atoms with Crippen LogP contribution in [-0.4, -0.2) is 36.1 Å². The van der Waals surface area contributed by atoms with Crippen LogP contribution >= 0.6 is 0 Å². The molecule has 0 bridgehead atoms. The van der Waals surface area contributed by atoms with E-state index in [4.69, 9.17) is 14.9 Å². The number of oxazole rings is 1. The molecule has 0 radical (unpaired) electrons. The summed E-state index contributed by atoms with van der Waals surface area (Å²) in [6, 6.07) is 8.00. The normalized spacial score (nSPS) is 21.3. The summed E-state index contributed by atoms with van der Waals surface area (Å²) in [5.74, 6) is 1.48. The molecule has 2 N–H and O–H groups in total. The smallest absolute Gasteiger partial charge is 0.226 e. The third kappa shape index (κ3) is 3.57. The molecule has 3 rings (SSSR count). The van der Waals surface area contributed by atoms with Crippen molar-refractivity contribution in [2.75, 3.05) is 20.2 Å². The average Bonchev–Trinajstić information content (AvgIpc) is 2.99. The molecule has 1 unspecified atom stereocenters. The van der Waals surface area contributed by atoms with Crippen LogP contribution in [0.2, 0.25) is 0 Å². The van der Waals surface area contributed by atoms with Gasteiger partial charge in [-0.2, -0.15) is 0 Å². The summed E-state index contributed by atoms with van der Waals surface area (Å²) in [6.07, 6.45) is 2.78. The summed E-state index contributed by atoms with van der Waals surface area (Å²) in [5, 5.41) is 0. The Hall–Kier alpha value is -1.85. The van der Waals surface area contributed by atoms with E-state index in [1.165, 1.54) is 0 Å². The number of nitrogens with two attached hydrogens (primary N) is 1. The predicted molar refractivity (Wildman–Crippen MR) is 90.1 cm³/mol.